The van der Waals surface area contributed by atoms with Crippen molar-refractivity contribution in [2.24, 2.45) is 0 Å². The maximum absolute atomic E-state index is 12.5. The van der Waals surface area contributed by atoms with E-state index in [2.05, 4.69) is 6.92 Å². The molecule has 1 unspecified atom stereocenters. The summed E-state index contributed by atoms with van der Waals surface area (Å²) in [5.74, 6) is 0.736. The van der Waals surface area contributed by atoms with E-state index in [9.17, 15) is 4.21 Å². The lowest BCUT2D eigenvalue weighted by molar-refractivity contribution is 0.0771. The molecule has 0 aliphatic heterocycles. The maximum Gasteiger partial charge on any atom is 0.514 e. The molecule has 0 saturated heterocycles. The first-order valence-corrected chi connectivity index (χ1v) is 14.8. The summed E-state index contributed by atoms with van der Waals surface area (Å²) in [6.07, 6.45) is 15.9. The number of hydrogen-bond acceptors (Lipinski definition) is 4. The van der Waals surface area contributed by atoms with Gasteiger partial charge in [-0.2, -0.15) is 0 Å². The third kappa shape index (κ3) is 15.8. The minimum Gasteiger partial charge on any atom is -0.373 e. The summed E-state index contributed by atoms with van der Waals surface area (Å²) >= 11 is 0. The molecule has 1 atom stereocenters. The molecular formula is C21H46O4SSi. The smallest absolute Gasteiger partial charge is 0.373 e. The summed E-state index contributed by atoms with van der Waals surface area (Å²) in [6, 6.07) is 0. The molecule has 0 heterocycles. The normalized spacial score (nSPS) is 13.2. The van der Waals surface area contributed by atoms with Crippen molar-refractivity contribution in [3.8, 4) is 0 Å². The van der Waals surface area contributed by atoms with E-state index in [0.717, 1.165) is 12.2 Å². The van der Waals surface area contributed by atoms with Crippen LogP contribution >= 0.6 is 0 Å². The zero-order chi connectivity index (χ0) is 20.2. The van der Waals surface area contributed by atoms with Crippen LogP contribution in [0.5, 0.6) is 0 Å². The molecule has 27 heavy (non-hydrogen) atoms. The lowest BCUT2D eigenvalue weighted by Gasteiger charge is -2.27. The highest BCUT2D eigenvalue weighted by Crippen LogP contribution is 2.14. The number of rotatable bonds is 21. The largest absolute Gasteiger partial charge is 0.514 e. The summed E-state index contributed by atoms with van der Waals surface area (Å²) in [4.78, 5) is 0. The minimum absolute atomic E-state index is 0.431. The Morgan fingerprint density at radius 1 is 0.593 bits per heavy atom. The van der Waals surface area contributed by atoms with Crippen molar-refractivity contribution in [3.63, 3.8) is 0 Å². The third-order valence-corrected chi connectivity index (χ3v) is 10.3. The van der Waals surface area contributed by atoms with Gasteiger partial charge in [0.25, 0.3) is 0 Å². The van der Waals surface area contributed by atoms with Gasteiger partial charge in [0.05, 0.1) is 5.38 Å². The van der Waals surface area contributed by atoms with Crippen LogP contribution in [0.1, 0.15) is 105 Å². The quantitative estimate of drug-likeness (QED) is 0.167. The SMILES string of the molecule is CCCCCCCCCCCCCCS(=O)C[Si](OCC)(OCC)OCC. The van der Waals surface area contributed by atoms with E-state index < -0.39 is 19.6 Å². The average Bonchev–Trinajstić information content (AvgIpc) is 2.63. The molecule has 0 radical (unpaired) electrons. The lowest BCUT2D eigenvalue weighted by Crippen LogP contribution is -2.51. The van der Waals surface area contributed by atoms with E-state index >= 15 is 0 Å². The van der Waals surface area contributed by atoms with Crippen molar-refractivity contribution in [2.75, 3.05) is 30.9 Å². The molecule has 164 valence electrons. The highest BCUT2D eigenvalue weighted by Gasteiger charge is 2.42. The van der Waals surface area contributed by atoms with E-state index in [1.807, 2.05) is 20.8 Å². The Morgan fingerprint density at radius 2 is 0.963 bits per heavy atom. The van der Waals surface area contributed by atoms with Gasteiger partial charge in [-0.05, 0) is 27.2 Å². The van der Waals surface area contributed by atoms with Crippen LogP contribution in [0.25, 0.3) is 0 Å². The predicted molar refractivity (Wildman–Crippen MR) is 120 cm³/mol. The van der Waals surface area contributed by atoms with Crippen molar-refractivity contribution < 1.29 is 17.5 Å². The summed E-state index contributed by atoms with van der Waals surface area (Å²) < 4.78 is 29.9. The Hall–Kier alpha value is 0.247. The molecule has 0 aromatic heterocycles. The molecule has 0 fully saturated rings. The Balaban J connectivity index is 3.74. The molecule has 0 bridgehead atoms. The predicted octanol–water partition coefficient (Wildman–Crippen LogP) is 6.02. The molecule has 4 nitrogen and oxygen atoms in total. The van der Waals surface area contributed by atoms with Crippen molar-refractivity contribution in [1.29, 1.82) is 0 Å². The van der Waals surface area contributed by atoms with Crippen LogP contribution < -0.4 is 0 Å². The Bertz CT molecular complexity index is 325. The van der Waals surface area contributed by atoms with Gasteiger partial charge in [-0.15, -0.1) is 0 Å². The standard InChI is InChI=1S/C21H46O4SSi/c1-5-9-10-11-12-13-14-15-16-17-18-19-20-26(22)21-27(23-6-2,24-7-3)25-8-4/h5-21H2,1-4H3. The van der Waals surface area contributed by atoms with Gasteiger partial charge in [-0.3, -0.25) is 4.21 Å². The lowest BCUT2D eigenvalue weighted by atomic mass is 10.1. The summed E-state index contributed by atoms with van der Waals surface area (Å²) in [5, 5.41) is 0.431. The van der Waals surface area contributed by atoms with Gasteiger partial charge in [0.15, 0.2) is 0 Å². The van der Waals surface area contributed by atoms with Crippen LogP contribution in [0.4, 0.5) is 0 Å². The van der Waals surface area contributed by atoms with Crippen LogP contribution in [0, 0.1) is 0 Å². The van der Waals surface area contributed by atoms with Gasteiger partial charge in [0.2, 0.25) is 0 Å². The fourth-order valence-corrected chi connectivity index (χ4v) is 8.53. The van der Waals surface area contributed by atoms with Crippen LogP contribution in [-0.2, 0) is 24.1 Å². The second-order valence-electron chi connectivity index (χ2n) is 7.16. The minimum atomic E-state index is -2.76. The van der Waals surface area contributed by atoms with Crippen molar-refractivity contribution in [1.82, 2.24) is 0 Å². The zero-order valence-corrected chi connectivity index (χ0v) is 20.4. The van der Waals surface area contributed by atoms with Crippen LogP contribution in [-0.4, -0.2) is 44.0 Å². The molecule has 0 aliphatic rings. The van der Waals surface area contributed by atoms with Gasteiger partial charge in [0.1, 0.15) is 0 Å². The zero-order valence-electron chi connectivity index (χ0n) is 18.6. The molecule has 0 N–H and O–H groups in total. The summed E-state index contributed by atoms with van der Waals surface area (Å²) in [7, 11) is -3.68. The maximum atomic E-state index is 12.5. The highest BCUT2D eigenvalue weighted by atomic mass is 32.2. The fraction of sp³-hybridized carbons (Fsp3) is 1.00. The summed E-state index contributed by atoms with van der Waals surface area (Å²) in [6.45, 7) is 9.71. The van der Waals surface area contributed by atoms with E-state index in [0.29, 0.717) is 25.2 Å². The van der Waals surface area contributed by atoms with Gasteiger partial charge in [-0.25, -0.2) is 0 Å². The Morgan fingerprint density at radius 3 is 1.33 bits per heavy atom. The first-order valence-electron chi connectivity index (χ1n) is 11.4. The number of unbranched alkanes of at least 4 members (excludes halogenated alkanes) is 11. The van der Waals surface area contributed by atoms with Crippen LogP contribution in [0.2, 0.25) is 0 Å². The third-order valence-electron chi connectivity index (χ3n) is 4.66. The Kier molecular flexibility index (Phi) is 19.7. The first-order chi connectivity index (χ1) is 13.1. The van der Waals surface area contributed by atoms with E-state index in [4.69, 9.17) is 13.3 Å². The van der Waals surface area contributed by atoms with Gasteiger partial charge in [0, 0.05) is 36.4 Å². The molecular weight excluding hydrogens is 376 g/mol. The molecule has 0 aromatic carbocycles. The second kappa shape index (κ2) is 19.6. The monoisotopic (exact) mass is 422 g/mol. The molecule has 0 amide bonds. The van der Waals surface area contributed by atoms with E-state index in [1.54, 1.807) is 0 Å². The van der Waals surface area contributed by atoms with E-state index in [-0.39, 0.29) is 0 Å². The van der Waals surface area contributed by atoms with Gasteiger partial charge >= 0.3 is 8.80 Å². The molecule has 0 aliphatic carbocycles. The average molecular weight is 423 g/mol. The van der Waals surface area contributed by atoms with Gasteiger partial charge in [-0.1, -0.05) is 77.6 Å². The topological polar surface area (TPSA) is 44.8 Å². The fourth-order valence-electron chi connectivity index (χ4n) is 3.28. The van der Waals surface area contributed by atoms with Crippen molar-refractivity contribution in [2.45, 2.75) is 105 Å². The van der Waals surface area contributed by atoms with Gasteiger partial charge < -0.3 is 13.3 Å². The van der Waals surface area contributed by atoms with Crippen molar-refractivity contribution >= 4 is 19.6 Å². The first kappa shape index (κ1) is 27.2. The highest BCUT2D eigenvalue weighted by molar-refractivity contribution is 7.86. The van der Waals surface area contributed by atoms with Crippen LogP contribution in [0.3, 0.4) is 0 Å². The molecule has 6 heteroatoms. The van der Waals surface area contributed by atoms with Crippen LogP contribution in [0.15, 0.2) is 0 Å². The molecule has 0 spiro atoms. The summed E-state index contributed by atoms with van der Waals surface area (Å²) in [5.41, 5.74) is 0. The molecule has 0 saturated carbocycles. The number of hydrogen-bond donors (Lipinski definition) is 0. The Labute approximate surface area is 173 Å². The second-order valence-corrected chi connectivity index (χ2v) is 11.8. The van der Waals surface area contributed by atoms with E-state index in [1.165, 1.54) is 70.6 Å². The molecule has 0 rings (SSSR count). The van der Waals surface area contributed by atoms with Crippen molar-refractivity contribution in [3.05, 3.63) is 0 Å². The molecule has 0 aromatic rings.